The van der Waals surface area contributed by atoms with Crippen LogP contribution in [0.4, 0.5) is 5.69 Å². The Labute approximate surface area is 122 Å². The first-order valence-corrected chi connectivity index (χ1v) is 6.66. The molecular formula is C17H15N3O. The maximum atomic E-state index is 12.1. The molecule has 4 nitrogen and oxygen atoms in total. The summed E-state index contributed by atoms with van der Waals surface area (Å²) in [6.45, 7) is 0. The van der Waals surface area contributed by atoms with Crippen LogP contribution in [0.3, 0.4) is 0 Å². The fourth-order valence-corrected chi connectivity index (χ4v) is 2.35. The van der Waals surface area contributed by atoms with E-state index >= 15 is 0 Å². The molecule has 0 unspecified atom stereocenters. The number of hydrogen-bond donors (Lipinski definition) is 1. The highest BCUT2D eigenvalue weighted by molar-refractivity contribution is 5.88. The van der Waals surface area contributed by atoms with Gasteiger partial charge in [0.25, 0.3) is 5.56 Å². The van der Waals surface area contributed by atoms with Crippen molar-refractivity contribution in [3.63, 3.8) is 0 Å². The molecule has 0 spiro atoms. The molecule has 3 aromatic rings. The van der Waals surface area contributed by atoms with E-state index in [1.807, 2.05) is 60.7 Å². The maximum absolute atomic E-state index is 12.1. The van der Waals surface area contributed by atoms with Crippen molar-refractivity contribution in [2.45, 2.75) is 0 Å². The number of nitrogens with zero attached hydrogens (tertiary/aromatic N) is 2. The molecule has 104 valence electrons. The molecular weight excluding hydrogens is 262 g/mol. The van der Waals surface area contributed by atoms with Gasteiger partial charge < -0.3 is 5.73 Å². The van der Waals surface area contributed by atoms with Gasteiger partial charge in [-0.15, -0.1) is 0 Å². The van der Waals surface area contributed by atoms with E-state index in [9.17, 15) is 4.79 Å². The van der Waals surface area contributed by atoms with Crippen LogP contribution in [0.5, 0.6) is 0 Å². The molecule has 1 heterocycles. The first kappa shape index (κ1) is 13.1. The summed E-state index contributed by atoms with van der Waals surface area (Å²) >= 11 is 0. The van der Waals surface area contributed by atoms with Crippen molar-refractivity contribution >= 4 is 5.69 Å². The third-order valence-electron chi connectivity index (χ3n) is 3.39. The second-order valence-corrected chi connectivity index (χ2v) is 4.80. The van der Waals surface area contributed by atoms with Crippen LogP contribution in [-0.2, 0) is 7.05 Å². The third-order valence-corrected chi connectivity index (χ3v) is 3.39. The predicted octanol–water partition coefficient (Wildman–Crippen LogP) is 2.70. The largest absolute Gasteiger partial charge is 0.394 e. The molecule has 1 aromatic heterocycles. The minimum absolute atomic E-state index is 0.220. The molecule has 0 aliphatic heterocycles. The Morgan fingerprint density at radius 3 is 2.00 bits per heavy atom. The number of aryl methyl sites for hydroxylation is 1. The van der Waals surface area contributed by atoms with Crippen molar-refractivity contribution < 1.29 is 0 Å². The van der Waals surface area contributed by atoms with Crippen LogP contribution in [-0.4, -0.2) is 9.78 Å². The van der Waals surface area contributed by atoms with Gasteiger partial charge in [-0.25, -0.2) is 4.68 Å². The second-order valence-electron chi connectivity index (χ2n) is 4.80. The molecule has 4 heteroatoms. The lowest BCUT2D eigenvalue weighted by atomic mass is 9.98. The third kappa shape index (κ3) is 2.31. The Hall–Kier alpha value is -2.88. The van der Waals surface area contributed by atoms with Crippen LogP contribution in [0, 0.1) is 0 Å². The molecule has 0 atom stereocenters. The number of anilines is 1. The van der Waals surface area contributed by atoms with Gasteiger partial charge in [-0.3, -0.25) is 4.79 Å². The lowest BCUT2D eigenvalue weighted by Crippen LogP contribution is -2.24. The van der Waals surface area contributed by atoms with E-state index in [0.29, 0.717) is 11.3 Å². The molecule has 0 aliphatic carbocycles. The zero-order chi connectivity index (χ0) is 14.8. The first-order chi connectivity index (χ1) is 10.2. The molecule has 0 aliphatic rings. The van der Waals surface area contributed by atoms with E-state index < -0.39 is 0 Å². The quantitative estimate of drug-likeness (QED) is 0.783. The normalized spacial score (nSPS) is 10.5. The van der Waals surface area contributed by atoms with Crippen LogP contribution < -0.4 is 11.3 Å². The maximum Gasteiger partial charge on any atom is 0.290 e. The van der Waals surface area contributed by atoms with Crippen molar-refractivity contribution in [1.82, 2.24) is 9.78 Å². The summed E-state index contributed by atoms with van der Waals surface area (Å²) in [6, 6.07) is 19.4. The van der Waals surface area contributed by atoms with Gasteiger partial charge in [0.2, 0.25) is 0 Å². The Balaban J connectivity index is 2.37. The van der Waals surface area contributed by atoms with Crippen LogP contribution >= 0.6 is 0 Å². The van der Waals surface area contributed by atoms with Crippen LogP contribution in [0.25, 0.3) is 22.4 Å². The van der Waals surface area contributed by atoms with E-state index in [-0.39, 0.29) is 11.2 Å². The number of benzene rings is 2. The predicted molar refractivity (Wildman–Crippen MR) is 84.8 cm³/mol. The molecule has 2 aromatic carbocycles. The number of nitrogens with two attached hydrogens (primary N) is 1. The Kier molecular flexibility index (Phi) is 3.28. The van der Waals surface area contributed by atoms with E-state index in [4.69, 9.17) is 5.73 Å². The average Bonchev–Trinajstić information content (AvgIpc) is 2.54. The van der Waals surface area contributed by atoms with Crippen molar-refractivity contribution in [2.75, 3.05) is 5.73 Å². The molecule has 0 bridgehead atoms. The van der Waals surface area contributed by atoms with Crippen LogP contribution in [0.2, 0.25) is 0 Å². The molecule has 21 heavy (non-hydrogen) atoms. The Morgan fingerprint density at radius 1 is 0.905 bits per heavy atom. The topological polar surface area (TPSA) is 60.9 Å². The van der Waals surface area contributed by atoms with Gasteiger partial charge in [0.05, 0.1) is 0 Å². The standard InChI is InChI=1S/C17H15N3O/c1-20-17(21)15(18)14(12-8-4-2-5-9-12)16(19-20)13-10-6-3-7-11-13/h2-11H,18H2,1H3. The molecule has 0 saturated heterocycles. The summed E-state index contributed by atoms with van der Waals surface area (Å²) in [5.41, 5.74) is 9.23. The number of rotatable bonds is 2. The molecule has 0 saturated carbocycles. The molecule has 0 amide bonds. The highest BCUT2D eigenvalue weighted by Crippen LogP contribution is 2.32. The number of aromatic nitrogens is 2. The SMILES string of the molecule is Cn1nc(-c2ccccc2)c(-c2ccccc2)c(N)c1=O. The van der Waals surface area contributed by atoms with Gasteiger partial charge >= 0.3 is 0 Å². The van der Waals surface area contributed by atoms with Gasteiger partial charge in [0.15, 0.2) is 0 Å². The van der Waals surface area contributed by atoms with E-state index in [2.05, 4.69) is 5.10 Å². The van der Waals surface area contributed by atoms with Crippen molar-refractivity contribution in [2.24, 2.45) is 7.05 Å². The van der Waals surface area contributed by atoms with Gasteiger partial charge in [-0.05, 0) is 5.56 Å². The van der Waals surface area contributed by atoms with Gasteiger partial charge in [-0.2, -0.15) is 5.10 Å². The highest BCUT2D eigenvalue weighted by Gasteiger charge is 2.16. The molecule has 2 N–H and O–H groups in total. The monoisotopic (exact) mass is 277 g/mol. The Morgan fingerprint density at radius 2 is 1.43 bits per heavy atom. The van der Waals surface area contributed by atoms with Gasteiger partial charge in [0, 0.05) is 18.2 Å². The van der Waals surface area contributed by atoms with Gasteiger partial charge in [-0.1, -0.05) is 60.7 Å². The van der Waals surface area contributed by atoms with Crippen LogP contribution in [0.1, 0.15) is 0 Å². The summed E-state index contributed by atoms with van der Waals surface area (Å²) in [7, 11) is 1.61. The smallest absolute Gasteiger partial charge is 0.290 e. The summed E-state index contributed by atoms with van der Waals surface area (Å²) in [4.78, 5) is 12.1. The summed E-state index contributed by atoms with van der Waals surface area (Å²) in [5, 5.41) is 4.40. The zero-order valence-corrected chi connectivity index (χ0v) is 11.7. The summed E-state index contributed by atoms with van der Waals surface area (Å²) in [6.07, 6.45) is 0. The first-order valence-electron chi connectivity index (χ1n) is 6.66. The highest BCUT2D eigenvalue weighted by atomic mass is 16.1. The lowest BCUT2D eigenvalue weighted by Gasteiger charge is -2.13. The fourth-order valence-electron chi connectivity index (χ4n) is 2.35. The molecule has 3 rings (SSSR count). The average molecular weight is 277 g/mol. The fraction of sp³-hybridized carbons (Fsp3) is 0.0588. The number of hydrogen-bond acceptors (Lipinski definition) is 3. The molecule has 0 fully saturated rings. The zero-order valence-electron chi connectivity index (χ0n) is 11.7. The Bertz CT molecular complexity index is 824. The van der Waals surface area contributed by atoms with Gasteiger partial charge in [0.1, 0.15) is 11.4 Å². The second kappa shape index (κ2) is 5.25. The number of nitrogen functional groups attached to an aromatic ring is 1. The summed E-state index contributed by atoms with van der Waals surface area (Å²) < 4.78 is 1.28. The van der Waals surface area contributed by atoms with Crippen molar-refractivity contribution in [3.05, 3.63) is 71.0 Å². The summed E-state index contributed by atoms with van der Waals surface area (Å²) in [5.74, 6) is 0. The molecule has 0 radical (unpaired) electrons. The van der Waals surface area contributed by atoms with Crippen LogP contribution in [0.15, 0.2) is 65.5 Å². The van der Waals surface area contributed by atoms with Crippen molar-refractivity contribution in [3.8, 4) is 22.4 Å². The lowest BCUT2D eigenvalue weighted by molar-refractivity contribution is 0.716. The van der Waals surface area contributed by atoms with E-state index in [1.165, 1.54) is 4.68 Å². The van der Waals surface area contributed by atoms with E-state index in [1.54, 1.807) is 7.05 Å². The minimum Gasteiger partial charge on any atom is -0.394 e. The minimum atomic E-state index is -0.284. The van der Waals surface area contributed by atoms with Crippen molar-refractivity contribution in [1.29, 1.82) is 0 Å². The van der Waals surface area contributed by atoms with E-state index in [0.717, 1.165) is 11.1 Å².